The van der Waals surface area contributed by atoms with Crippen LogP contribution in [0, 0.1) is 11.8 Å². The minimum absolute atomic E-state index is 0.0194. The molecule has 2 aromatic heterocycles. The maximum Gasteiger partial charge on any atom is 0.453 e. The van der Waals surface area contributed by atoms with E-state index in [1.807, 2.05) is 9.80 Å². The zero-order valence-electron chi connectivity index (χ0n) is 15.7. The Balaban J connectivity index is 1.43. The van der Waals surface area contributed by atoms with E-state index in [0.29, 0.717) is 37.7 Å². The Hall–Kier alpha value is -2.39. The Labute approximate surface area is 160 Å². The molecule has 10 heteroatoms. The van der Waals surface area contributed by atoms with Crippen molar-refractivity contribution in [2.45, 2.75) is 38.8 Å². The highest BCUT2D eigenvalue weighted by molar-refractivity contribution is 5.79. The third-order valence-corrected chi connectivity index (χ3v) is 5.77. The molecule has 0 N–H and O–H groups in total. The lowest BCUT2D eigenvalue weighted by Gasteiger charge is -2.37. The lowest BCUT2D eigenvalue weighted by molar-refractivity contribution is -0.146. The second kappa shape index (κ2) is 7.21. The molecule has 0 bridgehead atoms. The topological polar surface area (TPSA) is 66.6 Å². The summed E-state index contributed by atoms with van der Waals surface area (Å²) in [7, 11) is 0. The number of nitrogens with zero attached hydrogens (tertiary/aromatic N) is 6. The molecule has 0 saturated carbocycles. The van der Waals surface area contributed by atoms with Gasteiger partial charge in [-0.2, -0.15) is 17.7 Å². The molecule has 2 aliphatic heterocycles. The fraction of sp³-hybridized carbons (Fsp3) is 0.667. The van der Waals surface area contributed by atoms with E-state index in [-0.39, 0.29) is 17.5 Å². The van der Waals surface area contributed by atoms with Crippen molar-refractivity contribution in [1.82, 2.24) is 24.7 Å². The summed E-state index contributed by atoms with van der Waals surface area (Å²) in [5.41, 5.74) is 0.0560. The molecule has 0 unspecified atom stereocenters. The number of rotatable bonds is 2. The van der Waals surface area contributed by atoms with Gasteiger partial charge in [0.2, 0.25) is 5.91 Å². The maximum atomic E-state index is 13.0. The average Bonchev–Trinajstić information content (AvgIpc) is 3.12. The Morgan fingerprint density at radius 2 is 1.71 bits per heavy atom. The van der Waals surface area contributed by atoms with Crippen molar-refractivity contribution in [3.05, 3.63) is 18.0 Å². The van der Waals surface area contributed by atoms with E-state index in [9.17, 15) is 18.0 Å². The minimum Gasteiger partial charge on any atom is -0.355 e. The number of amides is 1. The van der Waals surface area contributed by atoms with Crippen molar-refractivity contribution in [3.8, 4) is 0 Å². The first-order valence-electron chi connectivity index (χ1n) is 9.66. The molecule has 4 rings (SSSR count). The second-order valence-corrected chi connectivity index (χ2v) is 7.75. The molecule has 0 radical (unpaired) electrons. The van der Waals surface area contributed by atoms with Gasteiger partial charge >= 0.3 is 6.18 Å². The molecule has 28 heavy (non-hydrogen) atoms. The van der Waals surface area contributed by atoms with Crippen molar-refractivity contribution in [2.75, 3.05) is 31.1 Å². The number of anilines is 1. The number of hydrogen-bond acceptors (Lipinski definition) is 5. The van der Waals surface area contributed by atoms with Gasteiger partial charge in [0.15, 0.2) is 5.65 Å². The van der Waals surface area contributed by atoms with Crippen molar-refractivity contribution in [1.29, 1.82) is 0 Å². The summed E-state index contributed by atoms with van der Waals surface area (Å²) < 4.78 is 39.9. The van der Waals surface area contributed by atoms with Crippen LogP contribution in [0.1, 0.15) is 38.4 Å². The van der Waals surface area contributed by atoms with Crippen LogP contribution < -0.4 is 4.90 Å². The first-order valence-corrected chi connectivity index (χ1v) is 9.66. The van der Waals surface area contributed by atoms with E-state index in [0.717, 1.165) is 30.4 Å². The second-order valence-electron chi connectivity index (χ2n) is 7.75. The molecule has 1 amide bonds. The number of hydrogen-bond donors (Lipinski definition) is 0. The number of likely N-dealkylation sites (tertiary alicyclic amines) is 1. The highest BCUT2D eigenvalue weighted by Crippen LogP contribution is 2.29. The molecule has 2 saturated heterocycles. The van der Waals surface area contributed by atoms with Crippen molar-refractivity contribution in [2.24, 2.45) is 11.8 Å². The van der Waals surface area contributed by atoms with E-state index >= 15 is 0 Å². The summed E-state index contributed by atoms with van der Waals surface area (Å²) in [5, 5.41) is 10.8. The third kappa shape index (κ3) is 3.64. The van der Waals surface area contributed by atoms with Crippen LogP contribution in [0.3, 0.4) is 0 Å². The predicted octanol–water partition coefficient (Wildman–Crippen LogP) is 2.62. The molecule has 2 aliphatic rings. The van der Waals surface area contributed by atoms with Gasteiger partial charge in [-0.25, -0.2) is 0 Å². The first-order chi connectivity index (χ1) is 13.3. The molecule has 4 heterocycles. The van der Waals surface area contributed by atoms with E-state index in [1.165, 1.54) is 6.07 Å². The molecule has 0 atom stereocenters. The fourth-order valence-electron chi connectivity index (χ4n) is 3.97. The van der Waals surface area contributed by atoms with Gasteiger partial charge in [-0.1, -0.05) is 6.92 Å². The van der Waals surface area contributed by atoms with Crippen LogP contribution in [0.15, 0.2) is 12.1 Å². The van der Waals surface area contributed by atoms with E-state index in [2.05, 4.69) is 22.2 Å². The highest BCUT2D eigenvalue weighted by Gasteiger charge is 2.38. The van der Waals surface area contributed by atoms with E-state index in [1.54, 1.807) is 6.07 Å². The summed E-state index contributed by atoms with van der Waals surface area (Å²) in [6, 6.07) is 3.13. The molecule has 7 nitrogen and oxygen atoms in total. The zero-order chi connectivity index (χ0) is 19.9. The van der Waals surface area contributed by atoms with Crippen LogP contribution in [0.4, 0.5) is 19.0 Å². The molecule has 0 spiro atoms. The number of piperidine rings is 2. The monoisotopic (exact) mass is 396 g/mol. The normalized spacial score (nSPS) is 20.1. The fourth-order valence-corrected chi connectivity index (χ4v) is 3.97. The van der Waals surface area contributed by atoms with Gasteiger partial charge in [0, 0.05) is 32.1 Å². The Bertz CT molecular complexity index is 851. The standard InChI is InChI=1S/C18H23F3N6O/c1-12-4-8-26(9-5-12)16(28)13-6-10-25(11-7-13)15-3-2-14-22-23-17(18(19,20)21)27(14)24-15/h2-3,12-13H,4-11H2,1H3. The number of carbonyl (C=O) groups excluding carboxylic acids is 1. The van der Waals surface area contributed by atoms with Gasteiger partial charge in [-0.05, 0) is 43.7 Å². The molecular formula is C18H23F3N6O. The van der Waals surface area contributed by atoms with Gasteiger partial charge in [0.05, 0.1) is 0 Å². The molecule has 0 aliphatic carbocycles. The number of fused-ring (bicyclic) bond motifs is 1. The molecular weight excluding hydrogens is 373 g/mol. The van der Waals surface area contributed by atoms with Crippen molar-refractivity contribution < 1.29 is 18.0 Å². The maximum absolute atomic E-state index is 13.0. The Morgan fingerprint density at radius 1 is 1.04 bits per heavy atom. The Kier molecular flexibility index (Phi) is 4.88. The van der Waals surface area contributed by atoms with Crippen LogP contribution in [-0.2, 0) is 11.0 Å². The summed E-state index contributed by atoms with van der Waals surface area (Å²) >= 11 is 0. The average molecular weight is 396 g/mol. The quantitative estimate of drug-likeness (QED) is 0.781. The predicted molar refractivity (Wildman–Crippen MR) is 95.7 cm³/mol. The van der Waals surface area contributed by atoms with E-state index < -0.39 is 12.0 Å². The van der Waals surface area contributed by atoms with E-state index in [4.69, 9.17) is 0 Å². The summed E-state index contributed by atoms with van der Waals surface area (Å²) in [6.45, 7) is 5.04. The first kappa shape index (κ1) is 18.9. The molecule has 2 fully saturated rings. The van der Waals surface area contributed by atoms with Crippen LogP contribution >= 0.6 is 0 Å². The van der Waals surface area contributed by atoms with Crippen molar-refractivity contribution >= 4 is 17.4 Å². The number of halogens is 3. The lowest BCUT2D eigenvalue weighted by Crippen LogP contribution is -2.45. The van der Waals surface area contributed by atoms with Gasteiger partial charge in [-0.15, -0.1) is 15.3 Å². The summed E-state index contributed by atoms with van der Waals surface area (Å²) in [6.07, 6.45) is -1.15. The highest BCUT2D eigenvalue weighted by atomic mass is 19.4. The van der Waals surface area contributed by atoms with Crippen LogP contribution in [0.25, 0.3) is 5.65 Å². The SMILES string of the molecule is CC1CCN(C(=O)C2CCN(c3ccc4nnc(C(F)(F)F)n4n3)CC2)CC1. The molecule has 2 aromatic rings. The van der Waals surface area contributed by atoms with Gasteiger partial charge in [0.1, 0.15) is 5.82 Å². The summed E-state index contributed by atoms with van der Waals surface area (Å²) in [4.78, 5) is 16.6. The Morgan fingerprint density at radius 3 is 2.36 bits per heavy atom. The largest absolute Gasteiger partial charge is 0.453 e. The van der Waals surface area contributed by atoms with Gasteiger partial charge < -0.3 is 9.80 Å². The van der Waals surface area contributed by atoms with Crippen LogP contribution in [0.5, 0.6) is 0 Å². The van der Waals surface area contributed by atoms with Crippen molar-refractivity contribution in [3.63, 3.8) is 0 Å². The van der Waals surface area contributed by atoms with Gasteiger partial charge in [0.25, 0.3) is 5.82 Å². The molecule has 0 aromatic carbocycles. The van der Waals surface area contributed by atoms with Gasteiger partial charge in [-0.3, -0.25) is 4.79 Å². The summed E-state index contributed by atoms with van der Waals surface area (Å²) in [5.74, 6) is 0.178. The number of carbonyl (C=O) groups is 1. The van der Waals surface area contributed by atoms with Crippen LogP contribution in [0.2, 0.25) is 0 Å². The molecule has 152 valence electrons. The third-order valence-electron chi connectivity index (χ3n) is 5.77. The lowest BCUT2D eigenvalue weighted by atomic mass is 9.92. The van der Waals surface area contributed by atoms with Crippen LogP contribution in [-0.4, -0.2) is 56.8 Å². The number of alkyl halides is 3. The minimum atomic E-state index is -4.61. The smallest absolute Gasteiger partial charge is 0.355 e. The zero-order valence-corrected chi connectivity index (χ0v) is 15.7. The number of aromatic nitrogens is 4.